The normalized spacial score (nSPS) is 22.9. The minimum absolute atomic E-state index is 0.153. The molecule has 1 aromatic rings. The van der Waals surface area contributed by atoms with Crippen molar-refractivity contribution in [1.82, 2.24) is 10.2 Å². The van der Waals surface area contributed by atoms with E-state index in [4.69, 9.17) is 0 Å². The van der Waals surface area contributed by atoms with E-state index in [1.807, 2.05) is 6.07 Å². The molecule has 3 heteroatoms. The molecule has 2 atom stereocenters. The Morgan fingerprint density at radius 3 is 3.06 bits per heavy atom. The number of likely N-dealkylation sites (N-methyl/N-ethyl adjacent to an activating group) is 1. The van der Waals surface area contributed by atoms with E-state index in [0.29, 0.717) is 6.04 Å². The molecule has 2 nitrogen and oxygen atoms in total. The quantitative estimate of drug-likeness (QED) is 0.884. The molecule has 1 fully saturated rings. The molecule has 2 unspecified atom stereocenters. The molecule has 0 amide bonds. The molecule has 0 radical (unpaired) electrons. The highest BCUT2D eigenvalue weighted by atomic mass is 19.1. The molecular weight excluding hydrogens is 227 g/mol. The Kier molecular flexibility index (Phi) is 4.72. The first-order valence-corrected chi connectivity index (χ1v) is 6.93. The molecule has 0 aromatic heterocycles. The summed E-state index contributed by atoms with van der Waals surface area (Å²) in [5, 5.41) is 3.62. The maximum atomic E-state index is 13.2. The van der Waals surface area contributed by atoms with E-state index in [0.717, 1.165) is 18.7 Å². The summed E-state index contributed by atoms with van der Waals surface area (Å²) in [5.74, 6) is -0.153. The van der Waals surface area contributed by atoms with Crippen molar-refractivity contribution in [3.05, 3.63) is 35.6 Å². The van der Waals surface area contributed by atoms with Gasteiger partial charge in [-0.3, -0.25) is 0 Å². The van der Waals surface area contributed by atoms with Crippen molar-refractivity contribution in [1.29, 1.82) is 0 Å². The largest absolute Gasteiger partial charge is 0.306 e. The monoisotopic (exact) mass is 250 g/mol. The second kappa shape index (κ2) is 6.30. The van der Waals surface area contributed by atoms with E-state index in [-0.39, 0.29) is 11.9 Å². The van der Waals surface area contributed by atoms with Crippen LogP contribution in [0.2, 0.25) is 0 Å². The van der Waals surface area contributed by atoms with Gasteiger partial charge in [-0.25, -0.2) is 4.39 Å². The van der Waals surface area contributed by atoms with E-state index >= 15 is 0 Å². The summed E-state index contributed by atoms with van der Waals surface area (Å²) in [4.78, 5) is 2.47. The smallest absolute Gasteiger partial charge is 0.123 e. The molecule has 1 heterocycles. The first kappa shape index (κ1) is 13.5. The van der Waals surface area contributed by atoms with Gasteiger partial charge in [0.25, 0.3) is 0 Å². The number of hydrogen-bond acceptors (Lipinski definition) is 2. The van der Waals surface area contributed by atoms with E-state index in [2.05, 4.69) is 24.1 Å². The zero-order valence-electron chi connectivity index (χ0n) is 11.3. The molecule has 0 spiro atoms. The summed E-state index contributed by atoms with van der Waals surface area (Å²) < 4.78 is 13.2. The van der Waals surface area contributed by atoms with Gasteiger partial charge in [-0.1, -0.05) is 19.1 Å². The molecule has 1 aromatic carbocycles. The molecule has 0 saturated carbocycles. The molecule has 2 rings (SSSR count). The lowest BCUT2D eigenvalue weighted by Gasteiger charge is -2.34. The van der Waals surface area contributed by atoms with Crippen LogP contribution in [0.25, 0.3) is 0 Å². The number of nitrogens with one attached hydrogen (secondary N) is 1. The highest BCUT2D eigenvalue weighted by Crippen LogP contribution is 2.17. The van der Waals surface area contributed by atoms with Gasteiger partial charge in [-0.05, 0) is 50.6 Å². The van der Waals surface area contributed by atoms with Crippen molar-refractivity contribution in [3.8, 4) is 0 Å². The second-order valence-electron chi connectivity index (χ2n) is 5.18. The number of benzene rings is 1. The van der Waals surface area contributed by atoms with Crippen LogP contribution >= 0.6 is 0 Å². The zero-order valence-corrected chi connectivity index (χ0v) is 11.3. The average Bonchev–Trinajstić information content (AvgIpc) is 2.39. The van der Waals surface area contributed by atoms with Crippen LogP contribution in [0.15, 0.2) is 24.3 Å². The van der Waals surface area contributed by atoms with Gasteiger partial charge in [0.15, 0.2) is 0 Å². The van der Waals surface area contributed by atoms with Gasteiger partial charge in [0, 0.05) is 18.6 Å². The standard InChI is InChI=1S/C15H23FN2/c1-3-18-9-5-8-15(11-18)17-12(2)13-6-4-7-14(16)10-13/h4,6-7,10,12,15,17H,3,5,8-9,11H2,1-2H3. The Morgan fingerprint density at radius 2 is 2.33 bits per heavy atom. The van der Waals surface area contributed by atoms with Crippen molar-refractivity contribution >= 4 is 0 Å². The van der Waals surface area contributed by atoms with Crippen molar-refractivity contribution in [2.75, 3.05) is 19.6 Å². The van der Waals surface area contributed by atoms with Crippen LogP contribution in [0.5, 0.6) is 0 Å². The van der Waals surface area contributed by atoms with Crippen LogP contribution in [0.4, 0.5) is 4.39 Å². The lowest BCUT2D eigenvalue weighted by molar-refractivity contribution is 0.192. The first-order chi connectivity index (χ1) is 8.69. The summed E-state index contributed by atoms with van der Waals surface area (Å²) in [5.41, 5.74) is 1.03. The maximum absolute atomic E-state index is 13.2. The fraction of sp³-hybridized carbons (Fsp3) is 0.600. The summed E-state index contributed by atoms with van der Waals surface area (Å²) in [6, 6.07) is 7.62. The van der Waals surface area contributed by atoms with Crippen molar-refractivity contribution in [2.45, 2.75) is 38.8 Å². The second-order valence-corrected chi connectivity index (χ2v) is 5.18. The Morgan fingerprint density at radius 1 is 1.50 bits per heavy atom. The average molecular weight is 250 g/mol. The van der Waals surface area contributed by atoms with Gasteiger partial charge in [-0.2, -0.15) is 0 Å². The van der Waals surface area contributed by atoms with E-state index < -0.39 is 0 Å². The van der Waals surface area contributed by atoms with Gasteiger partial charge in [0.05, 0.1) is 0 Å². The van der Waals surface area contributed by atoms with Gasteiger partial charge >= 0.3 is 0 Å². The summed E-state index contributed by atoms with van der Waals surface area (Å²) in [6.45, 7) is 7.75. The predicted octanol–water partition coefficient (Wildman–Crippen LogP) is 2.96. The fourth-order valence-corrected chi connectivity index (χ4v) is 2.70. The first-order valence-electron chi connectivity index (χ1n) is 6.93. The number of nitrogens with zero attached hydrogens (tertiary/aromatic N) is 1. The Hall–Kier alpha value is -0.930. The highest BCUT2D eigenvalue weighted by molar-refractivity contribution is 5.19. The molecule has 1 saturated heterocycles. The third-order valence-electron chi connectivity index (χ3n) is 3.79. The van der Waals surface area contributed by atoms with Crippen LogP contribution in [0.3, 0.4) is 0 Å². The number of rotatable bonds is 4. The highest BCUT2D eigenvalue weighted by Gasteiger charge is 2.20. The molecule has 18 heavy (non-hydrogen) atoms. The maximum Gasteiger partial charge on any atom is 0.123 e. The lowest BCUT2D eigenvalue weighted by Crippen LogP contribution is -2.46. The SMILES string of the molecule is CCN1CCCC(NC(C)c2cccc(F)c2)C1. The predicted molar refractivity (Wildman–Crippen MR) is 73.1 cm³/mol. The third-order valence-corrected chi connectivity index (χ3v) is 3.79. The zero-order chi connectivity index (χ0) is 13.0. The summed E-state index contributed by atoms with van der Waals surface area (Å²) in [7, 11) is 0. The van der Waals surface area contributed by atoms with Gasteiger partial charge in [0.1, 0.15) is 5.82 Å². The number of hydrogen-bond donors (Lipinski definition) is 1. The van der Waals surface area contributed by atoms with Crippen LogP contribution in [-0.4, -0.2) is 30.6 Å². The fourth-order valence-electron chi connectivity index (χ4n) is 2.70. The van der Waals surface area contributed by atoms with Crippen LogP contribution in [-0.2, 0) is 0 Å². The Labute approximate surface area is 109 Å². The Balaban J connectivity index is 1.92. The van der Waals surface area contributed by atoms with E-state index in [1.165, 1.54) is 25.5 Å². The van der Waals surface area contributed by atoms with Crippen molar-refractivity contribution < 1.29 is 4.39 Å². The number of piperidine rings is 1. The molecule has 100 valence electrons. The minimum atomic E-state index is -0.153. The number of halogens is 1. The van der Waals surface area contributed by atoms with E-state index in [9.17, 15) is 4.39 Å². The van der Waals surface area contributed by atoms with Crippen molar-refractivity contribution in [3.63, 3.8) is 0 Å². The van der Waals surface area contributed by atoms with Crippen molar-refractivity contribution in [2.24, 2.45) is 0 Å². The third kappa shape index (κ3) is 3.53. The van der Waals surface area contributed by atoms with Crippen LogP contribution in [0.1, 0.15) is 38.3 Å². The van der Waals surface area contributed by atoms with E-state index in [1.54, 1.807) is 12.1 Å². The topological polar surface area (TPSA) is 15.3 Å². The molecular formula is C15H23FN2. The van der Waals surface area contributed by atoms with Gasteiger partial charge < -0.3 is 10.2 Å². The Bertz CT molecular complexity index is 381. The molecule has 1 aliphatic heterocycles. The number of likely N-dealkylation sites (tertiary alicyclic amines) is 1. The van der Waals surface area contributed by atoms with Gasteiger partial charge in [-0.15, -0.1) is 0 Å². The van der Waals surface area contributed by atoms with Crippen LogP contribution in [0, 0.1) is 5.82 Å². The molecule has 1 N–H and O–H groups in total. The molecule has 1 aliphatic rings. The minimum Gasteiger partial charge on any atom is -0.306 e. The molecule has 0 aliphatic carbocycles. The lowest BCUT2D eigenvalue weighted by atomic mass is 10.0. The summed E-state index contributed by atoms with van der Waals surface area (Å²) in [6.07, 6.45) is 2.47. The molecule has 0 bridgehead atoms. The summed E-state index contributed by atoms with van der Waals surface area (Å²) >= 11 is 0. The van der Waals surface area contributed by atoms with Crippen LogP contribution < -0.4 is 5.32 Å². The van der Waals surface area contributed by atoms with Gasteiger partial charge in [0.2, 0.25) is 0 Å².